The second-order valence-electron chi connectivity index (χ2n) is 8.43. The summed E-state index contributed by atoms with van der Waals surface area (Å²) in [5.41, 5.74) is 4.44. The van der Waals surface area contributed by atoms with E-state index in [1.807, 2.05) is 40.3 Å². The van der Waals surface area contributed by atoms with Crippen LogP contribution in [0, 0.1) is 0 Å². The molecule has 5 rings (SSSR count). The molecule has 1 amide bonds. The Labute approximate surface area is 202 Å². The molecule has 1 aromatic carbocycles. The second-order valence-corrected chi connectivity index (χ2v) is 10.2. The van der Waals surface area contributed by atoms with E-state index in [9.17, 15) is 18.0 Å². The summed E-state index contributed by atoms with van der Waals surface area (Å²) >= 11 is 5.15. The average molecular weight is 539 g/mol. The largest absolute Gasteiger partial charge is 0.496 e. The minimum Gasteiger partial charge on any atom is -0.496 e. The van der Waals surface area contributed by atoms with Crippen LogP contribution >= 0.6 is 27.3 Å². The van der Waals surface area contributed by atoms with Crippen molar-refractivity contribution in [3.8, 4) is 27.4 Å². The number of hydrogen-bond acceptors (Lipinski definition) is 3. The number of alkyl halides is 3. The molecule has 1 saturated heterocycles. The number of ether oxygens (including phenoxy) is 1. The Morgan fingerprint density at radius 3 is 2.76 bits per heavy atom. The van der Waals surface area contributed by atoms with E-state index >= 15 is 0 Å². The first kappa shape index (κ1) is 22.5. The summed E-state index contributed by atoms with van der Waals surface area (Å²) in [5.74, 6) is 0.427. The highest BCUT2D eigenvalue weighted by Crippen LogP contribution is 2.45. The van der Waals surface area contributed by atoms with Gasteiger partial charge in [-0.2, -0.15) is 13.2 Å². The van der Waals surface area contributed by atoms with Gasteiger partial charge in [-0.3, -0.25) is 4.79 Å². The lowest BCUT2D eigenvalue weighted by atomic mass is 9.95. The standard InChI is InChI=1S/C24H22BrF3N2O2S/c1-32-20-10-14-6-8-30-19(23(31)29-7-2-4-15(29)13-24(26,27)28)12-17(21-5-3-9-33-21)22(30)16(14)11-18(20)25/h3,5,9-12,15H,2,4,6-8,13H2,1H3. The Morgan fingerprint density at radius 1 is 1.24 bits per heavy atom. The van der Waals surface area contributed by atoms with Gasteiger partial charge in [-0.05, 0) is 70.4 Å². The predicted molar refractivity (Wildman–Crippen MR) is 126 cm³/mol. The summed E-state index contributed by atoms with van der Waals surface area (Å²) in [7, 11) is 1.62. The van der Waals surface area contributed by atoms with E-state index in [2.05, 4.69) is 15.9 Å². The molecular formula is C24H22BrF3N2O2S. The zero-order valence-corrected chi connectivity index (χ0v) is 20.3. The van der Waals surface area contributed by atoms with Crippen molar-refractivity contribution in [3.05, 3.63) is 51.4 Å². The summed E-state index contributed by atoms with van der Waals surface area (Å²) < 4.78 is 47.6. The summed E-state index contributed by atoms with van der Waals surface area (Å²) in [4.78, 5) is 16.0. The van der Waals surface area contributed by atoms with Crippen molar-refractivity contribution < 1.29 is 22.7 Å². The molecule has 0 N–H and O–H groups in total. The quantitative estimate of drug-likeness (QED) is 0.367. The van der Waals surface area contributed by atoms with Gasteiger partial charge >= 0.3 is 6.18 Å². The van der Waals surface area contributed by atoms with Crippen LogP contribution in [0.15, 0.2) is 40.2 Å². The van der Waals surface area contributed by atoms with E-state index < -0.39 is 18.6 Å². The Balaban J connectivity index is 1.62. The van der Waals surface area contributed by atoms with Crippen molar-refractivity contribution in [2.45, 2.75) is 44.4 Å². The number of aryl methyl sites for hydroxylation is 1. The van der Waals surface area contributed by atoms with Crippen LogP contribution in [0.25, 0.3) is 21.7 Å². The molecule has 1 fully saturated rings. The first-order valence-electron chi connectivity index (χ1n) is 10.8. The van der Waals surface area contributed by atoms with Crippen LogP contribution in [0.3, 0.4) is 0 Å². The van der Waals surface area contributed by atoms with Gasteiger partial charge < -0.3 is 14.2 Å². The number of benzene rings is 1. The van der Waals surface area contributed by atoms with E-state index in [0.717, 1.165) is 37.5 Å². The lowest BCUT2D eigenvalue weighted by Gasteiger charge is -2.28. The Kier molecular flexibility index (Phi) is 5.81. The van der Waals surface area contributed by atoms with Gasteiger partial charge in [0, 0.05) is 35.1 Å². The van der Waals surface area contributed by atoms with Gasteiger partial charge in [0.25, 0.3) is 5.91 Å². The maximum Gasteiger partial charge on any atom is 0.391 e. The Morgan fingerprint density at radius 2 is 2.06 bits per heavy atom. The van der Waals surface area contributed by atoms with Gasteiger partial charge in [-0.15, -0.1) is 11.3 Å². The number of methoxy groups -OCH3 is 1. The molecule has 33 heavy (non-hydrogen) atoms. The lowest BCUT2D eigenvalue weighted by molar-refractivity contribution is -0.143. The smallest absolute Gasteiger partial charge is 0.391 e. The zero-order chi connectivity index (χ0) is 23.3. The topological polar surface area (TPSA) is 34.5 Å². The van der Waals surface area contributed by atoms with Gasteiger partial charge in [0.15, 0.2) is 0 Å². The minimum atomic E-state index is -4.29. The fourth-order valence-corrected chi connectivity index (χ4v) is 6.26. The number of rotatable bonds is 4. The monoisotopic (exact) mass is 538 g/mol. The van der Waals surface area contributed by atoms with Crippen molar-refractivity contribution in [2.75, 3.05) is 13.7 Å². The molecule has 1 unspecified atom stereocenters. The molecule has 0 saturated carbocycles. The van der Waals surface area contributed by atoms with Crippen LogP contribution in [0.5, 0.6) is 5.75 Å². The van der Waals surface area contributed by atoms with Crippen molar-refractivity contribution in [2.24, 2.45) is 0 Å². The lowest BCUT2D eigenvalue weighted by Crippen LogP contribution is -2.39. The highest BCUT2D eigenvalue weighted by Gasteiger charge is 2.40. The molecule has 4 nitrogen and oxygen atoms in total. The molecule has 9 heteroatoms. The number of thiophene rings is 1. The van der Waals surface area contributed by atoms with E-state index in [-0.39, 0.29) is 5.91 Å². The first-order valence-corrected chi connectivity index (χ1v) is 12.5. The summed E-state index contributed by atoms with van der Waals surface area (Å²) in [6.45, 7) is 0.936. The number of likely N-dealkylation sites (tertiary alicyclic amines) is 1. The summed E-state index contributed by atoms with van der Waals surface area (Å²) in [6.07, 6.45) is -3.57. The SMILES string of the molecule is COc1cc2c(cc1Br)-c1c(-c3cccs3)cc(C(=O)N3CCCC3CC(F)(F)F)n1CC2. The average Bonchev–Trinajstić information content (AvgIpc) is 3.51. The van der Waals surface area contributed by atoms with Crippen LogP contribution in [-0.4, -0.2) is 41.2 Å². The number of carbonyl (C=O) groups is 1. The van der Waals surface area contributed by atoms with Crippen LogP contribution in [0.4, 0.5) is 13.2 Å². The molecule has 4 heterocycles. The van der Waals surface area contributed by atoms with Crippen LogP contribution < -0.4 is 4.74 Å². The maximum absolute atomic E-state index is 13.6. The summed E-state index contributed by atoms with van der Waals surface area (Å²) in [6, 6.07) is 9.04. The number of aromatic nitrogens is 1. The highest BCUT2D eigenvalue weighted by molar-refractivity contribution is 9.10. The number of fused-ring (bicyclic) bond motifs is 3. The minimum absolute atomic E-state index is 0.318. The fourth-order valence-electron chi connectivity index (χ4n) is 5.01. The second kappa shape index (κ2) is 8.51. The van der Waals surface area contributed by atoms with Crippen LogP contribution in [-0.2, 0) is 13.0 Å². The fraction of sp³-hybridized carbons (Fsp3) is 0.375. The van der Waals surface area contributed by atoms with Crippen molar-refractivity contribution in [1.29, 1.82) is 0 Å². The number of amides is 1. The third-order valence-corrected chi connectivity index (χ3v) is 7.97. The molecule has 0 spiro atoms. The molecule has 0 radical (unpaired) electrons. The zero-order valence-electron chi connectivity index (χ0n) is 17.9. The van der Waals surface area contributed by atoms with Crippen molar-refractivity contribution in [3.63, 3.8) is 0 Å². The third kappa shape index (κ3) is 4.10. The maximum atomic E-state index is 13.6. The molecule has 0 aliphatic carbocycles. The number of carbonyl (C=O) groups excluding carboxylic acids is 1. The van der Waals surface area contributed by atoms with E-state index in [0.29, 0.717) is 38.0 Å². The molecule has 2 aliphatic heterocycles. The van der Waals surface area contributed by atoms with Crippen LogP contribution in [0.1, 0.15) is 35.3 Å². The molecule has 3 aromatic rings. The molecule has 174 valence electrons. The van der Waals surface area contributed by atoms with Crippen molar-refractivity contribution >= 4 is 33.2 Å². The number of hydrogen-bond donors (Lipinski definition) is 0. The predicted octanol–water partition coefficient (Wildman–Crippen LogP) is 6.77. The highest BCUT2D eigenvalue weighted by atomic mass is 79.9. The van der Waals surface area contributed by atoms with Gasteiger partial charge in [0.2, 0.25) is 0 Å². The van der Waals surface area contributed by atoms with Gasteiger partial charge in [0.05, 0.1) is 23.7 Å². The molecule has 0 bridgehead atoms. The third-order valence-electron chi connectivity index (χ3n) is 6.45. The van der Waals surface area contributed by atoms with Gasteiger partial charge in [0.1, 0.15) is 11.4 Å². The molecule has 2 aliphatic rings. The van der Waals surface area contributed by atoms with E-state index in [1.165, 1.54) is 4.90 Å². The van der Waals surface area contributed by atoms with Crippen LogP contribution in [0.2, 0.25) is 0 Å². The van der Waals surface area contributed by atoms with E-state index in [4.69, 9.17) is 4.74 Å². The normalized spacial score (nSPS) is 17.7. The molecular weight excluding hydrogens is 517 g/mol. The van der Waals surface area contributed by atoms with Crippen molar-refractivity contribution in [1.82, 2.24) is 9.47 Å². The van der Waals surface area contributed by atoms with E-state index in [1.54, 1.807) is 18.4 Å². The Bertz CT molecular complexity index is 1200. The summed E-state index contributed by atoms with van der Waals surface area (Å²) in [5, 5.41) is 1.98. The molecule has 1 atom stereocenters. The number of nitrogens with zero attached hydrogens (tertiary/aromatic N) is 2. The van der Waals surface area contributed by atoms with Gasteiger partial charge in [-0.25, -0.2) is 0 Å². The first-order chi connectivity index (χ1) is 15.8. The number of halogens is 4. The molecule has 2 aromatic heterocycles. The Hall–Kier alpha value is -2.26. The van der Waals surface area contributed by atoms with Gasteiger partial charge in [-0.1, -0.05) is 6.07 Å².